The first-order valence-electron chi connectivity index (χ1n) is 6.86. The predicted octanol–water partition coefficient (Wildman–Crippen LogP) is 1.03. The Bertz CT molecular complexity index is 829. The van der Waals surface area contributed by atoms with Crippen LogP contribution in [0.2, 0.25) is 0 Å². The molecule has 124 valence electrons. The summed E-state index contributed by atoms with van der Waals surface area (Å²) in [5.74, 6) is -2.31. The molecule has 1 fully saturated rings. The molecular formula is C14H14F2N2O4S. The largest absolute Gasteiger partial charge is 0.394 e. The van der Waals surface area contributed by atoms with Crippen LogP contribution in [0.3, 0.4) is 0 Å². The zero-order valence-corrected chi connectivity index (χ0v) is 12.8. The van der Waals surface area contributed by atoms with Crippen molar-refractivity contribution in [2.45, 2.75) is 31.3 Å². The minimum atomic E-state index is -1.31. The van der Waals surface area contributed by atoms with Crippen molar-refractivity contribution in [1.82, 2.24) is 9.97 Å². The first kappa shape index (κ1) is 16.3. The molecule has 0 amide bonds. The molecule has 3 heterocycles. The molecule has 9 heteroatoms. The van der Waals surface area contributed by atoms with E-state index in [0.29, 0.717) is 5.56 Å². The Hall–Kier alpha value is -1.52. The average Bonchev–Trinajstić information content (AvgIpc) is 2.80. The number of aryl methyl sites for hydroxylation is 1. The second kappa shape index (κ2) is 5.84. The maximum absolute atomic E-state index is 13.7. The molecule has 4 atom stereocenters. The van der Waals surface area contributed by atoms with E-state index < -0.39 is 42.8 Å². The number of nitrogens with zero attached hydrogens (tertiary/aromatic N) is 1. The van der Waals surface area contributed by atoms with Crippen molar-refractivity contribution in [2.75, 3.05) is 6.61 Å². The van der Waals surface area contributed by atoms with Crippen LogP contribution >= 0.6 is 12.2 Å². The molecule has 1 aliphatic heterocycles. The normalized spacial score (nSPS) is 27.7. The molecule has 0 saturated carbocycles. The van der Waals surface area contributed by atoms with E-state index in [1.54, 1.807) is 0 Å². The van der Waals surface area contributed by atoms with Crippen LogP contribution < -0.4 is 0 Å². The molecule has 0 aliphatic carbocycles. The first-order chi connectivity index (χ1) is 10.8. The zero-order valence-electron chi connectivity index (χ0n) is 12.0. The smallest absolute Gasteiger partial charge is 0.251 e. The van der Waals surface area contributed by atoms with Gasteiger partial charge in [-0.05, 0) is 13.0 Å². The van der Waals surface area contributed by atoms with E-state index in [9.17, 15) is 19.0 Å². The molecule has 2 aromatic heterocycles. The Balaban J connectivity index is 2.16. The monoisotopic (exact) mass is 344 g/mol. The molecule has 4 N–H and O–H groups in total. The van der Waals surface area contributed by atoms with E-state index in [0.717, 1.165) is 0 Å². The van der Waals surface area contributed by atoms with Crippen molar-refractivity contribution >= 4 is 23.3 Å². The predicted molar refractivity (Wildman–Crippen MR) is 78.3 cm³/mol. The molecule has 0 radical (unpaired) electrons. The quantitative estimate of drug-likeness (QED) is 0.480. The van der Waals surface area contributed by atoms with E-state index >= 15 is 0 Å². The Kier molecular flexibility index (Phi) is 4.15. The summed E-state index contributed by atoms with van der Waals surface area (Å²) in [6, 6.07) is 1.44. The second-order valence-electron chi connectivity index (χ2n) is 5.42. The summed E-state index contributed by atoms with van der Waals surface area (Å²) < 4.78 is 32.6. The first-order valence-corrected chi connectivity index (χ1v) is 7.27. The van der Waals surface area contributed by atoms with Crippen LogP contribution in [0.25, 0.3) is 11.0 Å². The third-order valence-corrected chi connectivity index (χ3v) is 4.36. The van der Waals surface area contributed by atoms with Crippen LogP contribution in [0.15, 0.2) is 6.07 Å². The van der Waals surface area contributed by atoms with Gasteiger partial charge in [0.05, 0.1) is 6.61 Å². The van der Waals surface area contributed by atoms with Crippen LogP contribution in [-0.2, 0) is 4.74 Å². The summed E-state index contributed by atoms with van der Waals surface area (Å²) in [6.07, 6.45) is -4.54. The van der Waals surface area contributed by atoms with E-state index in [4.69, 9.17) is 22.1 Å². The van der Waals surface area contributed by atoms with Gasteiger partial charge >= 0.3 is 0 Å². The van der Waals surface area contributed by atoms with Crippen molar-refractivity contribution in [3.63, 3.8) is 0 Å². The van der Waals surface area contributed by atoms with Gasteiger partial charge in [-0.15, -0.1) is 0 Å². The van der Waals surface area contributed by atoms with Crippen LogP contribution in [0.5, 0.6) is 0 Å². The Morgan fingerprint density at radius 2 is 2.04 bits per heavy atom. The van der Waals surface area contributed by atoms with Gasteiger partial charge in [0.2, 0.25) is 0 Å². The van der Waals surface area contributed by atoms with Crippen molar-refractivity contribution in [2.24, 2.45) is 0 Å². The number of fused-ring (bicyclic) bond motifs is 1. The highest BCUT2D eigenvalue weighted by molar-refractivity contribution is 7.71. The number of hydrogen-bond acceptors (Lipinski definition) is 6. The molecule has 3 rings (SSSR count). The Morgan fingerprint density at radius 3 is 2.65 bits per heavy atom. The second-order valence-corrected chi connectivity index (χ2v) is 5.82. The van der Waals surface area contributed by atoms with Crippen molar-refractivity contribution in [3.8, 4) is 0 Å². The number of pyridine rings is 2. The average molecular weight is 344 g/mol. The van der Waals surface area contributed by atoms with Gasteiger partial charge in [0.15, 0.2) is 5.82 Å². The SMILES string of the molecule is Cc1c(F)c(F)nc2[nH]c(=S)c([C@@H]3O[C@H](CO)C(O)[C@@H]3O)cc12. The van der Waals surface area contributed by atoms with Gasteiger partial charge in [-0.3, -0.25) is 0 Å². The van der Waals surface area contributed by atoms with E-state index in [1.807, 2.05) is 0 Å². The number of ether oxygens (including phenoxy) is 1. The lowest BCUT2D eigenvalue weighted by atomic mass is 10.0. The van der Waals surface area contributed by atoms with Gasteiger partial charge in [0, 0.05) is 16.5 Å². The lowest BCUT2D eigenvalue weighted by Crippen LogP contribution is -2.32. The fourth-order valence-electron chi connectivity index (χ4n) is 2.70. The summed E-state index contributed by atoms with van der Waals surface area (Å²) in [5.41, 5.74) is 0.402. The highest BCUT2D eigenvalue weighted by atomic mass is 32.1. The van der Waals surface area contributed by atoms with E-state index in [2.05, 4.69) is 9.97 Å². The molecule has 0 aromatic carbocycles. The molecule has 1 unspecified atom stereocenters. The van der Waals surface area contributed by atoms with Crippen molar-refractivity contribution in [3.05, 3.63) is 33.6 Å². The Morgan fingerprint density at radius 1 is 1.35 bits per heavy atom. The molecular weight excluding hydrogens is 330 g/mol. The van der Waals surface area contributed by atoms with Crippen LogP contribution in [0.1, 0.15) is 17.2 Å². The van der Waals surface area contributed by atoms with Gasteiger partial charge in [0.1, 0.15) is 34.7 Å². The van der Waals surface area contributed by atoms with Crippen LogP contribution in [-0.4, -0.2) is 50.2 Å². The number of aliphatic hydroxyl groups excluding tert-OH is 3. The van der Waals surface area contributed by atoms with E-state index in [-0.39, 0.29) is 21.2 Å². The maximum atomic E-state index is 13.7. The van der Waals surface area contributed by atoms with Gasteiger partial charge in [-0.2, -0.15) is 9.37 Å². The van der Waals surface area contributed by atoms with Gasteiger partial charge in [-0.25, -0.2) is 4.39 Å². The third-order valence-electron chi connectivity index (χ3n) is 4.02. The molecule has 1 saturated heterocycles. The topological polar surface area (TPSA) is 98.6 Å². The fourth-order valence-corrected chi connectivity index (χ4v) is 2.97. The Labute approximate surface area is 134 Å². The number of aromatic nitrogens is 2. The number of H-pyrrole nitrogens is 1. The zero-order chi connectivity index (χ0) is 16.9. The molecule has 0 spiro atoms. The molecule has 2 aromatic rings. The number of aromatic amines is 1. The summed E-state index contributed by atoms with van der Waals surface area (Å²) in [6.45, 7) is 0.916. The third kappa shape index (κ3) is 2.54. The lowest BCUT2D eigenvalue weighted by molar-refractivity contribution is -0.0229. The number of hydrogen-bond donors (Lipinski definition) is 4. The van der Waals surface area contributed by atoms with Gasteiger partial charge in [-0.1, -0.05) is 12.2 Å². The van der Waals surface area contributed by atoms with Gasteiger partial charge in [0.25, 0.3) is 5.95 Å². The molecule has 0 bridgehead atoms. The molecule has 23 heavy (non-hydrogen) atoms. The summed E-state index contributed by atoms with van der Waals surface area (Å²) in [7, 11) is 0. The van der Waals surface area contributed by atoms with Crippen molar-refractivity contribution in [1.29, 1.82) is 0 Å². The molecule has 1 aliphatic rings. The fraction of sp³-hybridized carbons (Fsp3) is 0.429. The highest BCUT2D eigenvalue weighted by Gasteiger charge is 2.43. The number of halogens is 2. The van der Waals surface area contributed by atoms with Crippen LogP contribution in [0, 0.1) is 23.3 Å². The highest BCUT2D eigenvalue weighted by Crippen LogP contribution is 2.35. The number of aliphatic hydroxyl groups is 3. The van der Waals surface area contributed by atoms with Crippen LogP contribution in [0.4, 0.5) is 8.78 Å². The maximum Gasteiger partial charge on any atom is 0.251 e. The number of nitrogens with one attached hydrogen (secondary N) is 1. The summed E-state index contributed by atoms with van der Waals surface area (Å²) >= 11 is 5.15. The minimum Gasteiger partial charge on any atom is -0.394 e. The van der Waals surface area contributed by atoms with E-state index in [1.165, 1.54) is 13.0 Å². The van der Waals surface area contributed by atoms with Crippen molar-refractivity contribution < 1.29 is 28.8 Å². The minimum absolute atomic E-state index is 0.0340. The molecule has 6 nitrogen and oxygen atoms in total. The van der Waals surface area contributed by atoms with Gasteiger partial charge < -0.3 is 25.0 Å². The summed E-state index contributed by atoms with van der Waals surface area (Å²) in [5, 5.41) is 29.3. The lowest BCUT2D eigenvalue weighted by Gasteiger charge is -2.16. The standard InChI is InChI=1S/C14H14F2N2O4S/c1-4-5-2-6(11-10(21)9(20)7(3-19)22-11)14(23)18-13(5)17-12(16)8(4)15/h2,7,9-11,19-21H,3H2,1H3,(H,17,18,23)/t7-,9?,10+,11+/m1/s1. The summed E-state index contributed by atoms with van der Waals surface area (Å²) in [4.78, 5) is 6.15. The number of rotatable bonds is 2.